The number of anilines is 1. The minimum Gasteiger partial charge on any atom is -0.497 e. The van der Waals surface area contributed by atoms with Crippen molar-refractivity contribution < 1.29 is 9.53 Å². The van der Waals surface area contributed by atoms with Crippen molar-refractivity contribution in [3.63, 3.8) is 0 Å². The summed E-state index contributed by atoms with van der Waals surface area (Å²) in [6.07, 6.45) is 8.35. The maximum atomic E-state index is 12.0. The van der Waals surface area contributed by atoms with Crippen LogP contribution in [-0.4, -0.2) is 34.2 Å². The highest BCUT2D eigenvalue weighted by atomic mass is 32.2. The van der Waals surface area contributed by atoms with Gasteiger partial charge in [0.1, 0.15) is 5.75 Å². The van der Waals surface area contributed by atoms with Crippen LogP contribution in [-0.2, 0) is 4.79 Å². The van der Waals surface area contributed by atoms with Crippen molar-refractivity contribution in [3.05, 3.63) is 42.2 Å². The first kappa shape index (κ1) is 16.4. The van der Waals surface area contributed by atoms with Gasteiger partial charge in [0.15, 0.2) is 10.3 Å². The largest absolute Gasteiger partial charge is 0.497 e. The Morgan fingerprint density at radius 2 is 2.12 bits per heavy atom. The van der Waals surface area contributed by atoms with Gasteiger partial charge in [-0.05, 0) is 30.5 Å². The van der Waals surface area contributed by atoms with E-state index >= 15 is 0 Å². The number of thioether (sulfide) groups is 1. The molecule has 6 nitrogen and oxygen atoms in total. The van der Waals surface area contributed by atoms with Crippen molar-refractivity contribution in [3.8, 4) is 5.75 Å². The molecule has 0 spiro atoms. The summed E-state index contributed by atoms with van der Waals surface area (Å²) in [5, 5.41) is 4.00. The van der Waals surface area contributed by atoms with E-state index in [9.17, 15) is 4.79 Å². The van der Waals surface area contributed by atoms with E-state index < -0.39 is 0 Å². The Bertz CT molecular complexity index is 891. The Kier molecular flexibility index (Phi) is 5.07. The molecule has 0 atom stereocenters. The molecule has 3 aromatic rings. The normalized spacial score (nSPS) is 11.1. The summed E-state index contributed by atoms with van der Waals surface area (Å²) in [6, 6.07) is 5.59. The van der Waals surface area contributed by atoms with Gasteiger partial charge in [0.25, 0.3) is 0 Å². The monoisotopic (exact) mass is 358 g/mol. The third-order valence-electron chi connectivity index (χ3n) is 3.08. The van der Waals surface area contributed by atoms with Crippen LogP contribution in [0.2, 0.25) is 0 Å². The molecule has 1 N–H and O–H groups in total. The first-order chi connectivity index (χ1) is 11.7. The molecule has 0 aliphatic rings. The van der Waals surface area contributed by atoms with Crippen LogP contribution < -0.4 is 10.1 Å². The Hall–Kier alpha value is -2.45. The number of hydrogen-bond acceptors (Lipinski definition) is 7. The second kappa shape index (κ2) is 7.41. The van der Waals surface area contributed by atoms with Crippen molar-refractivity contribution in [2.75, 3.05) is 18.7 Å². The molecule has 2 aromatic heterocycles. The Morgan fingerprint density at radius 1 is 1.33 bits per heavy atom. The number of nitrogens with zero attached hydrogens (tertiary/aromatic N) is 3. The number of rotatable bonds is 5. The van der Waals surface area contributed by atoms with Crippen molar-refractivity contribution in [1.82, 2.24) is 15.0 Å². The first-order valence-corrected chi connectivity index (χ1v) is 9.02. The fourth-order valence-corrected chi connectivity index (χ4v) is 3.14. The van der Waals surface area contributed by atoms with E-state index in [4.69, 9.17) is 4.74 Å². The van der Waals surface area contributed by atoms with Gasteiger partial charge < -0.3 is 4.74 Å². The molecular formula is C16H14N4O2S2. The summed E-state index contributed by atoms with van der Waals surface area (Å²) in [7, 11) is 1.62. The molecule has 0 radical (unpaired) electrons. The van der Waals surface area contributed by atoms with E-state index in [1.807, 2.05) is 24.5 Å². The molecule has 0 unspecified atom stereocenters. The summed E-state index contributed by atoms with van der Waals surface area (Å²) in [4.78, 5) is 24.7. The fourth-order valence-electron chi connectivity index (χ4n) is 1.92. The van der Waals surface area contributed by atoms with Crippen LogP contribution in [0.1, 0.15) is 5.56 Å². The van der Waals surface area contributed by atoms with Gasteiger partial charge in [-0.2, -0.15) is 0 Å². The number of carbonyl (C=O) groups is 1. The lowest BCUT2D eigenvalue weighted by atomic mass is 10.3. The number of thiazole rings is 1. The van der Waals surface area contributed by atoms with Gasteiger partial charge in [-0.25, -0.2) is 15.0 Å². The number of hydrogen-bond donors (Lipinski definition) is 1. The number of carbonyl (C=O) groups excluding carboxylic acids is 1. The number of ether oxygens (including phenoxy) is 1. The zero-order valence-corrected chi connectivity index (χ0v) is 14.6. The van der Waals surface area contributed by atoms with E-state index in [0.29, 0.717) is 10.3 Å². The van der Waals surface area contributed by atoms with Gasteiger partial charge in [0.05, 0.1) is 17.3 Å². The zero-order valence-electron chi connectivity index (χ0n) is 13.0. The summed E-state index contributed by atoms with van der Waals surface area (Å²) in [5.74, 6) is 0.507. The van der Waals surface area contributed by atoms with Gasteiger partial charge in [-0.1, -0.05) is 23.1 Å². The molecule has 0 fully saturated rings. The molecule has 0 aliphatic carbocycles. The van der Waals surface area contributed by atoms with Crippen molar-refractivity contribution >= 4 is 50.4 Å². The van der Waals surface area contributed by atoms with Crippen LogP contribution in [0.4, 0.5) is 5.13 Å². The van der Waals surface area contributed by atoms with Crippen LogP contribution >= 0.6 is 23.1 Å². The maximum absolute atomic E-state index is 12.0. The highest BCUT2D eigenvalue weighted by Gasteiger charge is 2.07. The summed E-state index contributed by atoms with van der Waals surface area (Å²) in [6.45, 7) is 0. The van der Waals surface area contributed by atoms with Gasteiger partial charge in [-0.3, -0.25) is 10.1 Å². The maximum Gasteiger partial charge on any atom is 0.250 e. The molecular weight excluding hydrogens is 344 g/mol. The molecule has 24 heavy (non-hydrogen) atoms. The smallest absolute Gasteiger partial charge is 0.250 e. The van der Waals surface area contributed by atoms with Crippen molar-refractivity contribution in [1.29, 1.82) is 0 Å². The molecule has 8 heteroatoms. The Morgan fingerprint density at radius 3 is 2.83 bits per heavy atom. The minimum atomic E-state index is -0.255. The van der Waals surface area contributed by atoms with E-state index in [2.05, 4.69) is 20.3 Å². The molecule has 0 saturated carbocycles. The molecule has 1 aromatic carbocycles. The summed E-state index contributed by atoms with van der Waals surface area (Å²) >= 11 is 2.86. The number of benzene rings is 1. The van der Waals surface area contributed by atoms with Gasteiger partial charge in [-0.15, -0.1) is 0 Å². The molecule has 0 bridgehead atoms. The highest BCUT2D eigenvalue weighted by Crippen LogP contribution is 2.29. The number of fused-ring (bicyclic) bond motifs is 1. The van der Waals surface area contributed by atoms with Crippen LogP contribution in [0.25, 0.3) is 16.3 Å². The second-order valence-electron chi connectivity index (χ2n) is 4.68. The molecule has 122 valence electrons. The average molecular weight is 358 g/mol. The van der Waals surface area contributed by atoms with Crippen molar-refractivity contribution in [2.45, 2.75) is 5.16 Å². The lowest BCUT2D eigenvalue weighted by Crippen LogP contribution is -2.07. The molecule has 2 heterocycles. The predicted molar refractivity (Wildman–Crippen MR) is 97.6 cm³/mol. The first-order valence-electron chi connectivity index (χ1n) is 6.97. The quantitative estimate of drug-likeness (QED) is 0.427. The van der Waals surface area contributed by atoms with Gasteiger partial charge >= 0.3 is 0 Å². The third kappa shape index (κ3) is 3.90. The second-order valence-corrected chi connectivity index (χ2v) is 6.48. The average Bonchev–Trinajstić information content (AvgIpc) is 3.01. The molecule has 0 saturated heterocycles. The van der Waals surface area contributed by atoms with E-state index in [-0.39, 0.29) is 5.91 Å². The molecule has 1 amide bonds. The summed E-state index contributed by atoms with van der Waals surface area (Å²) in [5.41, 5.74) is 1.58. The SMILES string of the molecule is COc1ccc2nc(NC(=O)/C=C/c3cnc(SC)nc3)sc2c1. The predicted octanol–water partition coefficient (Wildman–Crippen LogP) is 3.47. The van der Waals surface area contributed by atoms with Crippen molar-refractivity contribution in [2.24, 2.45) is 0 Å². The molecule has 0 aliphatic heterocycles. The Balaban J connectivity index is 1.68. The van der Waals surface area contributed by atoms with Crippen LogP contribution in [0.3, 0.4) is 0 Å². The number of methoxy groups -OCH3 is 1. The number of nitrogens with one attached hydrogen (secondary N) is 1. The third-order valence-corrected chi connectivity index (χ3v) is 4.59. The van der Waals surface area contributed by atoms with E-state index in [0.717, 1.165) is 21.5 Å². The fraction of sp³-hybridized carbons (Fsp3) is 0.125. The van der Waals surface area contributed by atoms with Crippen LogP contribution in [0, 0.1) is 0 Å². The minimum absolute atomic E-state index is 0.255. The number of amides is 1. The lowest BCUT2D eigenvalue weighted by Gasteiger charge is -1.96. The summed E-state index contributed by atoms with van der Waals surface area (Å²) < 4.78 is 6.14. The lowest BCUT2D eigenvalue weighted by molar-refractivity contribution is -0.111. The standard InChI is InChI=1S/C16H14N4O2S2/c1-22-11-4-5-12-13(7-11)24-16(19-12)20-14(21)6-3-10-8-17-15(23-2)18-9-10/h3-9H,1-2H3,(H,19,20,21)/b6-3+. The van der Waals surface area contributed by atoms with Crippen LogP contribution in [0.5, 0.6) is 5.75 Å². The van der Waals surface area contributed by atoms with Gasteiger partial charge in [0.2, 0.25) is 5.91 Å². The topological polar surface area (TPSA) is 77.0 Å². The Labute approximate surface area is 147 Å². The highest BCUT2D eigenvalue weighted by molar-refractivity contribution is 7.98. The number of aromatic nitrogens is 3. The van der Waals surface area contributed by atoms with Gasteiger partial charge in [0, 0.05) is 24.0 Å². The zero-order chi connectivity index (χ0) is 16.9. The molecule has 3 rings (SSSR count). The van der Waals surface area contributed by atoms with E-state index in [1.54, 1.807) is 25.6 Å². The van der Waals surface area contributed by atoms with E-state index in [1.165, 1.54) is 29.2 Å². The van der Waals surface area contributed by atoms with Crippen LogP contribution in [0.15, 0.2) is 41.8 Å².